The molecule has 29 heavy (non-hydrogen) atoms. The van der Waals surface area contributed by atoms with Gasteiger partial charge in [-0.15, -0.1) is 0 Å². The largest absolute Gasteiger partial charge is 0.457 e. The highest BCUT2D eigenvalue weighted by atomic mass is 19.4. The van der Waals surface area contributed by atoms with E-state index in [0.29, 0.717) is 37.6 Å². The molecule has 0 spiro atoms. The molecule has 0 radical (unpaired) electrons. The van der Waals surface area contributed by atoms with Crippen LogP contribution in [-0.4, -0.2) is 37.2 Å². The van der Waals surface area contributed by atoms with Crippen molar-refractivity contribution >= 4 is 17.3 Å². The van der Waals surface area contributed by atoms with Crippen LogP contribution in [0.25, 0.3) is 0 Å². The lowest BCUT2D eigenvalue weighted by atomic mass is 10.1. The summed E-state index contributed by atoms with van der Waals surface area (Å²) in [6.07, 6.45) is -4.45. The number of esters is 1. The molecule has 1 fully saturated rings. The maximum Gasteiger partial charge on any atom is 0.416 e. The van der Waals surface area contributed by atoms with Gasteiger partial charge < -0.3 is 14.4 Å². The second kappa shape index (κ2) is 8.48. The molecule has 0 unspecified atom stereocenters. The van der Waals surface area contributed by atoms with Gasteiger partial charge >= 0.3 is 12.1 Å². The van der Waals surface area contributed by atoms with Gasteiger partial charge in [0.1, 0.15) is 12.3 Å². The molecule has 2 aromatic rings. The van der Waals surface area contributed by atoms with E-state index in [1.807, 2.05) is 0 Å². The zero-order valence-corrected chi connectivity index (χ0v) is 15.1. The summed E-state index contributed by atoms with van der Waals surface area (Å²) in [5.41, 5.74) is -0.290. The summed E-state index contributed by atoms with van der Waals surface area (Å²) in [6, 6.07) is 8.25. The van der Waals surface area contributed by atoms with Crippen LogP contribution in [0.2, 0.25) is 0 Å². The van der Waals surface area contributed by atoms with Crippen LogP contribution >= 0.6 is 0 Å². The number of rotatable bonds is 5. The van der Waals surface area contributed by atoms with E-state index >= 15 is 0 Å². The molecule has 10 heteroatoms. The molecular formula is C19H17F3N2O5. The van der Waals surface area contributed by atoms with E-state index in [4.69, 9.17) is 9.47 Å². The number of ether oxygens (including phenoxy) is 2. The molecule has 1 saturated heterocycles. The molecule has 0 saturated carbocycles. The number of nitro groups is 1. The fourth-order valence-corrected chi connectivity index (χ4v) is 2.89. The molecule has 2 aromatic carbocycles. The minimum absolute atomic E-state index is 0.0133. The van der Waals surface area contributed by atoms with Crippen molar-refractivity contribution in [1.82, 2.24) is 0 Å². The van der Waals surface area contributed by atoms with Crippen LogP contribution in [0.4, 0.5) is 24.5 Å². The van der Waals surface area contributed by atoms with Crippen LogP contribution in [0, 0.1) is 10.1 Å². The number of nitro benzene ring substituents is 1. The van der Waals surface area contributed by atoms with Gasteiger partial charge in [0, 0.05) is 19.2 Å². The summed E-state index contributed by atoms with van der Waals surface area (Å²) in [6.45, 7) is 1.65. The van der Waals surface area contributed by atoms with Gasteiger partial charge in [0.2, 0.25) is 0 Å². The van der Waals surface area contributed by atoms with Crippen molar-refractivity contribution in [2.75, 3.05) is 31.2 Å². The zero-order chi connectivity index (χ0) is 21.0. The molecule has 0 amide bonds. The Morgan fingerprint density at radius 3 is 2.38 bits per heavy atom. The number of halogens is 3. The molecule has 7 nitrogen and oxygen atoms in total. The third-order valence-corrected chi connectivity index (χ3v) is 4.41. The quantitative estimate of drug-likeness (QED) is 0.424. The number of benzene rings is 2. The molecule has 0 aromatic heterocycles. The van der Waals surface area contributed by atoms with Crippen molar-refractivity contribution in [2.45, 2.75) is 12.8 Å². The summed E-state index contributed by atoms with van der Waals surface area (Å²) in [4.78, 5) is 24.9. The Labute approximate surface area is 163 Å². The van der Waals surface area contributed by atoms with Crippen LogP contribution in [0.15, 0.2) is 42.5 Å². The average molecular weight is 410 g/mol. The van der Waals surface area contributed by atoms with Gasteiger partial charge in [-0.1, -0.05) is 12.1 Å². The van der Waals surface area contributed by atoms with Gasteiger partial charge in [-0.25, -0.2) is 4.79 Å². The van der Waals surface area contributed by atoms with Crippen molar-refractivity contribution in [3.05, 3.63) is 69.3 Å². The highest BCUT2D eigenvalue weighted by molar-refractivity contribution is 5.91. The van der Waals surface area contributed by atoms with E-state index in [0.717, 1.165) is 18.2 Å². The second-order valence-electron chi connectivity index (χ2n) is 6.33. The number of hydrogen-bond acceptors (Lipinski definition) is 6. The maximum absolute atomic E-state index is 12.6. The van der Waals surface area contributed by atoms with E-state index in [1.165, 1.54) is 24.3 Å². The van der Waals surface area contributed by atoms with Crippen LogP contribution in [0.5, 0.6) is 0 Å². The van der Waals surface area contributed by atoms with Gasteiger partial charge in [0.05, 0.1) is 29.3 Å². The summed E-state index contributed by atoms with van der Waals surface area (Å²) in [5.74, 6) is -0.804. The lowest BCUT2D eigenvalue weighted by Crippen LogP contribution is -2.36. The minimum Gasteiger partial charge on any atom is -0.457 e. The van der Waals surface area contributed by atoms with Gasteiger partial charge in [-0.2, -0.15) is 13.2 Å². The molecule has 3 rings (SSSR count). The van der Waals surface area contributed by atoms with Crippen molar-refractivity contribution in [3.8, 4) is 0 Å². The second-order valence-corrected chi connectivity index (χ2v) is 6.33. The van der Waals surface area contributed by atoms with Crippen LogP contribution in [0.3, 0.4) is 0 Å². The Morgan fingerprint density at radius 1 is 1.14 bits per heavy atom. The number of carbonyl (C=O) groups excluding carboxylic acids is 1. The number of alkyl halides is 3. The summed E-state index contributed by atoms with van der Waals surface area (Å²) in [7, 11) is 0. The summed E-state index contributed by atoms with van der Waals surface area (Å²) < 4.78 is 48.0. The molecule has 1 aliphatic heterocycles. The van der Waals surface area contributed by atoms with Crippen LogP contribution in [-0.2, 0) is 22.3 Å². The average Bonchev–Trinajstić information content (AvgIpc) is 2.72. The molecule has 1 aliphatic rings. The third kappa shape index (κ3) is 5.02. The fraction of sp³-hybridized carbons (Fsp3) is 0.316. The lowest BCUT2D eigenvalue weighted by Gasteiger charge is -2.28. The normalized spacial score (nSPS) is 14.5. The van der Waals surface area contributed by atoms with E-state index in [9.17, 15) is 28.1 Å². The third-order valence-electron chi connectivity index (χ3n) is 4.41. The molecular weight excluding hydrogens is 393 g/mol. The van der Waals surface area contributed by atoms with Crippen molar-refractivity contribution in [2.24, 2.45) is 0 Å². The smallest absolute Gasteiger partial charge is 0.416 e. The predicted molar refractivity (Wildman–Crippen MR) is 96.7 cm³/mol. The molecule has 0 aliphatic carbocycles. The molecule has 0 atom stereocenters. The fourth-order valence-electron chi connectivity index (χ4n) is 2.89. The van der Waals surface area contributed by atoms with Crippen molar-refractivity contribution < 1.29 is 32.4 Å². The van der Waals surface area contributed by atoms with Gasteiger partial charge in [-0.3, -0.25) is 10.1 Å². The molecule has 0 N–H and O–H groups in total. The molecule has 154 valence electrons. The summed E-state index contributed by atoms with van der Waals surface area (Å²) >= 11 is 0. The van der Waals surface area contributed by atoms with Crippen molar-refractivity contribution in [1.29, 1.82) is 0 Å². The number of hydrogen-bond donors (Lipinski definition) is 0. The van der Waals surface area contributed by atoms with Gasteiger partial charge in [-0.05, 0) is 29.8 Å². The van der Waals surface area contributed by atoms with E-state index in [2.05, 4.69) is 0 Å². The standard InChI is InChI=1S/C19H17F3N2O5/c20-19(21,22)15-4-1-13(2-5-15)12-29-18(25)14-3-6-16(17(11-14)24(26)27)23-7-9-28-10-8-23/h1-6,11H,7-10,12H2. The number of anilines is 1. The molecule has 1 heterocycles. The number of nitrogens with zero attached hydrogens (tertiary/aromatic N) is 2. The molecule has 0 bridgehead atoms. The lowest BCUT2D eigenvalue weighted by molar-refractivity contribution is -0.384. The van der Waals surface area contributed by atoms with Crippen molar-refractivity contribution in [3.63, 3.8) is 0 Å². The number of morpholine rings is 1. The zero-order valence-electron chi connectivity index (χ0n) is 15.1. The Kier molecular flexibility index (Phi) is 6.02. The topological polar surface area (TPSA) is 81.9 Å². The van der Waals surface area contributed by atoms with E-state index in [1.54, 1.807) is 4.90 Å². The van der Waals surface area contributed by atoms with Gasteiger partial charge in [0.25, 0.3) is 5.69 Å². The van der Waals surface area contributed by atoms with Crippen LogP contribution < -0.4 is 4.90 Å². The Bertz CT molecular complexity index is 894. The SMILES string of the molecule is O=C(OCc1ccc(C(F)(F)F)cc1)c1ccc(N2CCOCC2)c([N+](=O)[O-])c1. The maximum atomic E-state index is 12.6. The van der Waals surface area contributed by atoms with Crippen LogP contribution in [0.1, 0.15) is 21.5 Å². The first-order valence-corrected chi connectivity index (χ1v) is 8.70. The predicted octanol–water partition coefficient (Wildman–Crippen LogP) is 3.81. The van der Waals surface area contributed by atoms with E-state index < -0.39 is 22.6 Å². The summed E-state index contributed by atoms with van der Waals surface area (Å²) in [5, 5.41) is 11.4. The Hall–Kier alpha value is -3.14. The van der Waals surface area contributed by atoms with E-state index in [-0.39, 0.29) is 17.9 Å². The highest BCUT2D eigenvalue weighted by Crippen LogP contribution is 2.31. The first-order valence-electron chi connectivity index (χ1n) is 8.70. The van der Waals surface area contributed by atoms with Gasteiger partial charge in [0.15, 0.2) is 0 Å². The Morgan fingerprint density at radius 2 is 1.79 bits per heavy atom. The first kappa shape index (κ1) is 20.6. The minimum atomic E-state index is -4.45. The Balaban J connectivity index is 1.70. The first-order chi connectivity index (χ1) is 13.8. The highest BCUT2D eigenvalue weighted by Gasteiger charge is 2.30. The monoisotopic (exact) mass is 410 g/mol. The number of carbonyl (C=O) groups is 1.